The van der Waals surface area contributed by atoms with Crippen LogP contribution in [-0.2, 0) is 19.1 Å². The number of ether oxygens (including phenoxy) is 2. The zero-order chi connectivity index (χ0) is 14.1. The van der Waals surface area contributed by atoms with E-state index in [1.165, 1.54) is 6.08 Å². The van der Waals surface area contributed by atoms with E-state index in [0.29, 0.717) is 12.0 Å². The molecule has 0 unspecified atom stereocenters. The number of rotatable bonds is 7. The molecule has 0 bridgehead atoms. The van der Waals surface area contributed by atoms with Crippen molar-refractivity contribution in [2.24, 2.45) is 0 Å². The van der Waals surface area contributed by atoms with E-state index in [0.717, 1.165) is 12.8 Å². The van der Waals surface area contributed by atoms with Crippen LogP contribution in [0.4, 0.5) is 0 Å². The Hall–Kier alpha value is -1.32. The molecule has 0 rings (SSSR count). The minimum Gasteiger partial charge on any atom is -0.460 e. The van der Waals surface area contributed by atoms with Crippen molar-refractivity contribution in [1.29, 1.82) is 0 Å². The zero-order valence-electron chi connectivity index (χ0n) is 12.0. The molecule has 0 aliphatic rings. The van der Waals surface area contributed by atoms with Crippen LogP contribution < -0.4 is 0 Å². The van der Waals surface area contributed by atoms with Crippen LogP contribution in [0.25, 0.3) is 0 Å². The minimum atomic E-state index is -0.489. The van der Waals surface area contributed by atoms with E-state index >= 15 is 0 Å². The number of unbranched alkanes of at least 4 members (excludes halogenated alkanes) is 1. The standard InChI is InChI=1S/C14H24O4/c1-6-7-8-12(14(16)18-11(4)5)9-13(15)17-10(2)3/h9-11H,6-8H2,1-5H3. The molecule has 4 heteroatoms. The van der Waals surface area contributed by atoms with Gasteiger partial charge in [-0.05, 0) is 40.5 Å². The Morgan fingerprint density at radius 1 is 1.06 bits per heavy atom. The SMILES string of the molecule is CCCCC(=CC(=O)OC(C)C)C(=O)OC(C)C. The number of hydrogen-bond donors (Lipinski definition) is 0. The van der Waals surface area contributed by atoms with Gasteiger partial charge in [0, 0.05) is 11.6 Å². The highest BCUT2D eigenvalue weighted by molar-refractivity contribution is 5.96. The predicted molar refractivity (Wildman–Crippen MR) is 70.1 cm³/mol. The third-order valence-corrected chi connectivity index (χ3v) is 2.05. The Kier molecular flexibility index (Phi) is 8.08. The van der Waals surface area contributed by atoms with Crippen molar-refractivity contribution in [3.8, 4) is 0 Å². The highest BCUT2D eigenvalue weighted by Gasteiger charge is 2.15. The highest BCUT2D eigenvalue weighted by Crippen LogP contribution is 2.11. The molecule has 18 heavy (non-hydrogen) atoms. The van der Waals surface area contributed by atoms with Gasteiger partial charge >= 0.3 is 11.9 Å². The smallest absolute Gasteiger partial charge is 0.334 e. The quantitative estimate of drug-likeness (QED) is 0.519. The molecule has 104 valence electrons. The Balaban J connectivity index is 4.69. The Morgan fingerprint density at radius 2 is 1.61 bits per heavy atom. The van der Waals surface area contributed by atoms with Gasteiger partial charge in [-0.3, -0.25) is 0 Å². The van der Waals surface area contributed by atoms with E-state index in [9.17, 15) is 9.59 Å². The van der Waals surface area contributed by atoms with E-state index in [2.05, 4.69) is 0 Å². The summed E-state index contributed by atoms with van der Waals surface area (Å²) >= 11 is 0. The van der Waals surface area contributed by atoms with Crippen molar-refractivity contribution in [1.82, 2.24) is 0 Å². The fourth-order valence-electron chi connectivity index (χ4n) is 1.30. The van der Waals surface area contributed by atoms with Crippen molar-refractivity contribution in [3.05, 3.63) is 11.6 Å². The summed E-state index contributed by atoms with van der Waals surface area (Å²) in [5.74, 6) is -0.920. The van der Waals surface area contributed by atoms with Crippen molar-refractivity contribution in [2.45, 2.75) is 66.1 Å². The molecule has 0 N–H and O–H groups in total. The summed E-state index contributed by atoms with van der Waals surface area (Å²) in [7, 11) is 0. The van der Waals surface area contributed by atoms with Crippen molar-refractivity contribution >= 4 is 11.9 Å². The maximum absolute atomic E-state index is 11.8. The fourth-order valence-corrected chi connectivity index (χ4v) is 1.30. The molecule has 4 nitrogen and oxygen atoms in total. The summed E-state index contributed by atoms with van der Waals surface area (Å²) in [6, 6.07) is 0. The second-order valence-corrected chi connectivity index (χ2v) is 4.71. The number of carbonyl (C=O) groups excluding carboxylic acids is 2. The van der Waals surface area contributed by atoms with Gasteiger partial charge in [0.25, 0.3) is 0 Å². The molecule has 0 fully saturated rings. The van der Waals surface area contributed by atoms with Gasteiger partial charge in [0.15, 0.2) is 0 Å². The third-order valence-electron chi connectivity index (χ3n) is 2.05. The second kappa shape index (κ2) is 8.72. The molecular weight excluding hydrogens is 232 g/mol. The van der Waals surface area contributed by atoms with Crippen LogP contribution in [0.1, 0.15) is 53.9 Å². The molecule has 0 aromatic rings. The Morgan fingerprint density at radius 3 is 2.06 bits per heavy atom. The van der Waals surface area contributed by atoms with Gasteiger partial charge in [0.2, 0.25) is 0 Å². The topological polar surface area (TPSA) is 52.6 Å². The van der Waals surface area contributed by atoms with Crippen LogP contribution in [0, 0.1) is 0 Å². The zero-order valence-corrected chi connectivity index (χ0v) is 12.0. The molecule has 0 aliphatic heterocycles. The fraction of sp³-hybridized carbons (Fsp3) is 0.714. The van der Waals surface area contributed by atoms with Crippen LogP contribution >= 0.6 is 0 Å². The average molecular weight is 256 g/mol. The Labute approximate surface area is 109 Å². The van der Waals surface area contributed by atoms with Crippen LogP contribution in [0.5, 0.6) is 0 Å². The maximum Gasteiger partial charge on any atom is 0.334 e. The normalized spacial score (nSPS) is 11.8. The summed E-state index contributed by atoms with van der Waals surface area (Å²) in [5, 5.41) is 0. The lowest BCUT2D eigenvalue weighted by atomic mass is 10.1. The average Bonchev–Trinajstić information content (AvgIpc) is 2.21. The van der Waals surface area contributed by atoms with Gasteiger partial charge in [-0.1, -0.05) is 13.3 Å². The summed E-state index contributed by atoms with van der Waals surface area (Å²) in [6.07, 6.45) is 3.20. The van der Waals surface area contributed by atoms with E-state index in [-0.39, 0.29) is 12.2 Å². The van der Waals surface area contributed by atoms with E-state index in [1.807, 2.05) is 6.92 Å². The number of esters is 2. The Bertz CT molecular complexity index is 303. The molecular formula is C14H24O4. The van der Waals surface area contributed by atoms with Gasteiger partial charge in [-0.25, -0.2) is 9.59 Å². The minimum absolute atomic E-state index is 0.191. The van der Waals surface area contributed by atoms with E-state index in [4.69, 9.17) is 9.47 Å². The monoisotopic (exact) mass is 256 g/mol. The van der Waals surface area contributed by atoms with Crippen molar-refractivity contribution in [3.63, 3.8) is 0 Å². The first kappa shape index (κ1) is 16.7. The lowest BCUT2D eigenvalue weighted by molar-refractivity contribution is -0.145. The summed E-state index contributed by atoms with van der Waals surface area (Å²) in [6.45, 7) is 9.12. The van der Waals surface area contributed by atoms with Crippen LogP contribution in [0.3, 0.4) is 0 Å². The summed E-state index contributed by atoms with van der Waals surface area (Å²) < 4.78 is 10.1. The van der Waals surface area contributed by atoms with Crippen LogP contribution in [0.15, 0.2) is 11.6 Å². The van der Waals surface area contributed by atoms with Gasteiger partial charge in [-0.15, -0.1) is 0 Å². The van der Waals surface area contributed by atoms with Crippen molar-refractivity contribution < 1.29 is 19.1 Å². The second-order valence-electron chi connectivity index (χ2n) is 4.71. The first-order valence-corrected chi connectivity index (χ1v) is 6.49. The summed E-state index contributed by atoms with van der Waals surface area (Å²) in [5.41, 5.74) is 0.385. The highest BCUT2D eigenvalue weighted by atomic mass is 16.5. The maximum atomic E-state index is 11.8. The molecule has 0 atom stereocenters. The van der Waals surface area contributed by atoms with Gasteiger partial charge < -0.3 is 9.47 Å². The molecule has 0 aromatic heterocycles. The largest absolute Gasteiger partial charge is 0.460 e. The van der Waals surface area contributed by atoms with E-state index < -0.39 is 11.9 Å². The molecule has 0 radical (unpaired) electrons. The number of hydrogen-bond acceptors (Lipinski definition) is 4. The molecule has 0 heterocycles. The van der Waals surface area contributed by atoms with Crippen molar-refractivity contribution in [2.75, 3.05) is 0 Å². The molecule has 0 aliphatic carbocycles. The summed E-state index contributed by atoms with van der Waals surface area (Å²) in [4.78, 5) is 23.3. The molecule has 0 spiro atoms. The van der Waals surface area contributed by atoms with E-state index in [1.54, 1.807) is 27.7 Å². The molecule has 0 aromatic carbocycles. The molecule has 0 saturated heterocycles. The molecule has 0 saturated carbocycles. The first-order chi connectivity index (χ1) is 8.36. The molecule has 0 amide bonds. The predicted octanol–water partition coefficient (Wildman–Crippen LogP) is 3.01. The first-order valence-electron chi connectivity index (χ1n) is 6.49. The van der Waals surface area contributed by atoms with Crippen LogP contribution in [0.2, 0.25) is 0 Å². The lowest BCUT2D eigenvalue weighted by Crippen LogP contribution is -2.16. The third kappa shape index (κ3) is 7.87. The lowest BCUT2D eigenvalue weighted by Gasteiger charge is -2.11. The van der Waals surface area contributed by atoms with Gasteiger partial charge in [0.1, 0.15) is 0 Å². The number of carbonyl (C=O) groups is 2. The van der Waals surface area contributed by atoms with Crippen LogP contribution in [-0.4, -0.2) is 24.1 Å². The van der Waals surface area contributed by atoms with Gasteiger partial charge in [-0.2, -0.15) is 0 Å². The van der Waals surface area contributed by atoms with Gasteiger partial charge in [0.05, 0.1) is 12.2 Å².